The SMILES string of the molecule is C=CC(CCc1ccccc1)O[Si](C)(C)C(C)(C)C. The van der Waals surface area contributed by atoms with Crippen LogP contribution in [0.15, 0.2) is 43.0 Å². The summed E-state index contributed by atoms with van der Waals surface area (Å²) in [4.78, 5) is 0. The lowest BCUT2D eigenvalue weighted by molar-refractivity contribution is 0.215. The molecule has 1 aromatic rings. The Kier molecular flexibility index (Phi) is 5.57. The first-order chi connectivity index (χ1) is 8.76. The molecule has 106 valence electrons. The summed E-state index contributed by atoms with van der Waals surface area (Å²) in [6.45, 7) is 15.4. The summed E-state index contributed by atoms with van der Waals surface area (Å²) in [5.74, 6) is 0. The molecule has 0 saturated heterocycles. The molecule has 0 amide bonds. The van der Waals surface area contributed by atoms with Crippen LogP contribution in [0.5, 0.6) is 0 Å². The van der Waals surface area contributed by atoms with Crippen LogP contribution >= 0.6 is 0 Å². The highest BCUT2D eigenvalue weighted by Gasteiger charge is 2.38. The smallest absolute Gasteiger partial charge is 0.192 e. The van der Waals surface area contributed by atoms with Crippen LogP contribution in [0, 0.1) is 0 Å². The van der Waals surface area contributed by atoms with E-state index in [1.807, 2.05) is 6.08 Å². The first kappa shape index (κ1) is 16.2. The van der Waals surface area contributed by atoms with E-state index in [0.717, 1.165) is 12.8 Å². The maximum Gasteiger partial charge on any atom is 0.192 e. The summed E-state index contributed by atoms with van der Waals surface area (Å²) < 4.78 is 6.39. The molecular weight excluding hydrogens is 248 g/mol. The van der Waals surface area contributed by atoms with E-state index in [1.54, 1.807) is 0 Å². The number of hydrogen-bond acceptors (Lipinski definition) is 1. The average Bonchev–Trinajstić information content (AvgIpc) is 2.34. The third-order valence-electron chi connectivity index (χ3n) is 4.08. The largest absolute Gasteiger partial charge is 0.411 e. The molecule has 0 spiro atoms. The Bertz CT molecular complexity index is 389. The maximum atomic E-state index is 6.39. The number of benzene rings is 1. The molecule has 0 aliphatic carbocycles. The first-order valence-electron chi connectivity index (χ1n) is 7.10. The van der Waals surface area contributed by atoms with Gasteiger partial charge in [0.05, 0.1) is 6.10 Å². The van der Waals surface area contributed by atoms with Gasteiger partial charge < -0.3 is 4.43 Å². The van der Waals surface area contributed by atoms with Gasteiger partial charge in [-0.1, -0.05) is 57.2 Å². The van der Waals surface area contributed by atoms with Crippen LogP contribution in [-0.2, 0) is 10.8 Å². The molecular formula is C17H28OSi. The molecule has 0 radical (unpaired) electrons. The van der Waals surface area contributed by atoms with Gasteiger partial charge in [0.15, 0.2) is 8.32 Å². The second kappa shape index (κ2) is 6.53. The topological polar surface area (TPSA) is 9.23 Å². The van der Waals surface area contributed by atoms with E-state index in [-0.39, 0.29) is 11.1 Å². The highest BCUT2D eigenvalue weighted by atomic mass is 28.4. The summed E-state index contributed by atoms with van der Waals surface area (Å²) in [6, 6.07) is 10.6. The Morgan fingerprint density at radius 2 is 1.79 bits per heavy atom. The minimum atomic E-state index is -1.70. The van der Waals surface area contributed by atoms with Crippen LogP contribution in [0.2, 0.25) is 18.1 Å². The van der Waals surface area contributed by atoms with Crippen LogP contribution in [0.3, 0.4) is 0 Å². The fourth-order valence-electron chi connectivity index (χ4n) is 1.73. The molecule has 0 aromatic heterocycles. The van der Waals surface area contributed by atoms with Crippen molar-refractivity contribution in [3.05, 3.63) is 48.6 Å². The van der Waals surface area contributed by atoms with Crippen molar-refractivity contribution in [1.29, 1.82) is 0 Å². The molecule has 1 unspecified atom stereocenters. The minimum Gasteiger partial charge on any atom is -0.411 e. The zero-order chi connectivity index (χ0) is 14.5. The van der Waals surface area contributed by atoms with E-state index in [9.17, 15) is 0 Å². The number of rotatable bonds is 6. The van der Waals surface area contributed by atoms with Gasteiger partial charge in [-0.25, -0.2) is 0 Å². The van der Waals surface area contributed by atoms with Crippen molar-refractivity contribution in [3.63, 3.8) is 0 Å². The van der Waals surface area contributed by atoms with Gasteiger partial charge in [0.25, 0.3) is 0 Å². The fraction of sp³-hybridized carbons (Fsp3) is 0.529. The second-order valence-electron chi connectivity index (χ2n) is 6.68. The molecule has 0 fully saturated rings. The van der Waals surface area contributed by atoms with Crippen molar-refractivity contribution >= 4 is 8.32 Å². The maximum absolute atomic E-state index is 6.39. The summed E-state index contributed by atoms with van der Waals surface area (Å²) in [5.41, 5.74) is 1.37. The highest BCUT2D eigenvalue weighted by Crippen LogP contribution is 2.37. The van der Waals surface area contributed by atoms with E-state index in [4.69, 9.17) is 4.43 Å². The summed E-state index contributed by atoms with van der Waals surface area (Å²) in [6.07, 6.45) is 4.19. The molecule has 0 aliphatic heterocycles. The molecule has 0 N–H and O–H groups in total. The number of aryl methyl sites for hydroxylation is 1. The lowest BCUT2D eigenvalue weighted by Gasteiger charge is -2.38. The molecule has 1 atom stereocenters. The molecule has 1 nitrogen and oxygen atoms in total. The molecule has 1 rings (SSSR count). The van der Waals surface area contributed by atoms with Gasteiger partial charge in [-0.2, -0.15) is 0 Å². The molecule has 0 bridgehead atoms. The molecule has 0 heterocycles. The van der Waals surface area contributed by atoms with Gasteiger partial charge in [-0.15, -0.1) is 6.58 Å². The van der Waals surface area contributed by atoms with Gasteiger partial charge in [0, 0.05) is 0 Å². The van der Waals surface area contributed by atoms with E-state index >= 15 is 0 Å². The fourth-order valence-corrected chi connectivity index (χ4v) is 3.06. The minimum absolute atomic E-state index is 0.168. The third kappa shape index (κ3) is 4.96. The Labute approximate surface area is 119 Å². The zero-order valence-corrected chi connectivity index (χ0v) is 14.1. The van der Waals surface area contributed by atoms with Crippen LogP contribution in [-0.4, -0.2) is 14.4 Å². The predicted octanol–water partition coefficient (Wildman–Crippen LogP) is 5.20. The summed E-state index contributed by atoms with van der Waals surface area (Å²) in [5, 5.41) is 0.251. The van der Waals surface area contributed by atoms with Gasteiger partial charge in [0.1, 0.15) is 0 Å². The molecule has 0 aliphatic rings. The van der Waals surface area contributed by atoms with Crippen LogP contribution in [0.4, 0.5) is 0 Å². The standard InChI is InChI=1S/C17H28OSi/c1-7-16(18-19(5,6)17(2,3)4)14-13-15-11-9-8-10-12-15/h7-12,16H,1,13-14H2,2-6H3. The summed E-state index contributed by atoms with van der Waals surface area (Å²) in [7, 11) is -1.70. The zero-order valence-electron chi connectivity index (χ0n) is 13.1. The van der Waals surface area contributed by atoms with Gasteiger partial charge >= 0.3 is 0 Å². The van der Waals surface area contributed by atoms with Gasteiger partial charge in [-0.3, -0.25) is 0 Å². The Morgan fingerprint density at radius 3 is 2.26 bits per heavy atom. The monoisotopic (exact) mass is 276 g/mol. The normalized spacial score (nSPS) is 14.2. The first-order valence-corrected chi connectivity index (χ1v) is 10.0. The van der Waals surface area contributed by atoms with E-state index < -0.39 is 8.32 Å². The number of hydrogen-bond donors (Lipinski definition) is 0. The second-order valence-corrected chi connectivity index (χ2v) is 11.4. The van der Waals surface area contributed by atoms with Crippen molar-refractivity contribution in [2.75, 3.05) is 0 Å². The Balaban J connectivity index is 2.58. The van der Waals surface area contributed by atoms with Crippen LogP contribution in [0.25, 0.3) is 0 Å². The molecule has 0 saturated carbocycles. The predicted molar refractivity (Wildman–Crippen MR) is 87.0 cm³/mol. The highest BCUT2D eigenvalue weighted by molar-refractivity contribution is 6.74. The van der Waals surface area contributed by atoms with Crippen LogP contribution in [0.1, 0.15) is 32.8 Å². The molecule has 2 heteroatoms. The van der Waals surface area contributed by atoms with E-state index in [1.165, 1.54) is 5.56 Å². The van der Waals surface area contributed by atoms with Gasteiger partial charge in [0.2, 0.25) is 0 Å². The van der Waals surface area contributed by atoms with Crippen molar-refractivity contribution in [2.24, 2.45) is 0 Å². The van der Waals surface area contributed by atoms with Crippen LogP contribution < -0.4 is 0 Å². The van der Waals surface area contributed by atoms with Gasteiger partial charge in [-0.05, 0) is 36.5 Å². The molecule has 1 aromatic carbocycles. The lowest BCUT2D eigenvalue weighted by Crippen LogP contribution is -2.43. The third-order valence-corrected chi connectivity index (χ3v) is 8.58. The van der Waals surface area contributed by atoms with E-state index in [0.29, 0.717) is 0 Å². The Morgan fingerprint density at radius 1 is 1.21 bits per heavy atom. The Hall–Kier alpha value is -0.863. The lowest BCUT2D eigenvalue weighted by atomic mass is 10.1. The van der Waals surface area contributed by atoms with Crippen molar-refractivity contribution < 1.29 is 4.43 Å². The molecule has 19 heavy (non-hydrogen) atoms. The van der Waals surface area contributed by atoms with E-state index in [2.05, 4.69) is 70.8 Å². The van der Waals surface area contributed by atoms with Crippen molar-refractivity contribution in [1.82, 2.24) is 0 Å². The van der Waals surface area contributed by atoms with Crippen molar-refractivity contribution in [2.45, 2.75) is 57.8 Å². The summed E-state index contributed by atoms with van der Waals surface area (Å²) >= 11 is 0. The van der Waals surface area contributed by atoms with Crippen molar-refractivity contribution in [3.8, 4) is 0 Å². The average molecular weight is 276 g/mol. The quantitative estimate of drug-likeness (QED) is 0.513.